The maximum Gasteiger partial charge on any atom is 0.280 e. The smallest absolute Gasteiger partial charge is 0.280 e. The molecule has 0 aliphatic carbocycles. The predicted molar refractivity (Wildman–Crippen MR) is 30.8 cm³/mol. The number of aromatic nitrogens is 2. The average molecular weight is 162 g/mol. The van der Waals surface area contributed by atoms with E-state index in [1.165, 1.54) is 0 Å². The van der Waals surface area contributed by atoms with Crippen LogP contribution in [0, 0.1) is 12.5 Å². The molecule has 0 atom stereocenters. The molecule has 1 rings (SSSR count). The van der Waals surface area contributed by atoms with Crippen LogP contribution in [0.25, 0.3) is 0 Å². The van der Waals surface area contributed by atoms with Gasteiger partial charge >= 0.3 is 0 Å². The molecule has 5 heteroatoms. The first kappa shape index (κ1) is 8.10. The third-order valence-corrected chi connectivity index (χ3v) is 1.15. The molecule has 1 heterocycles. The molecule has 2 nitrogen and oxygen atoms in total. The number of aryl methyl sites for hydroxylation is 1. The fourth-order valence-corrected chi connectivity index (χ4v) is 0.678. The maximum atomic E-state index is 11.9. The highest BCUT2D eigenvalue weighted by molar-refractivity contribution is 4.96. The molecule has 1 aromatic rings. The monoisotopic (exact) mass is 162 g/mol. The van der Waals surface area contributed by atoms with E-state index in [2.05, 4.69) is 11.3 Å². The summed E-state index contributed by atoms with van der Waals surface area (Å²) in [6, 6.07) is 0. The van der Waals surface area contributed by atoms with Crippen molar-refractivity contribution in [3.05, 3.63) is 18.2 Å². The molecule has 60 valence electrons. The third-order valence-electron chi connectivity index (χ3n) is 1.15. The number of halogens is 3. The Morgan fingerprint density at radius 2 is 2.27 bits per heavy atom. The van der Waals surface area contributed by atoms with Crippen LogP contribution < -0.4 is 0 Å². The fourth-order valence-electron chi connectivity index (χ4n) is 0.678. The van der Waals surface area contributed by atoms with Gasteiger partial charge in [0.25, 0.3) is 6.43 Å². The van der Waals surface area contributed by atoms with Gasteiger partial charge in [-0.2, -0.15) is 0 Å². The molecule has 2 radical (unpaired) electrons. The molecule has 0 N–H and O–H groups in total. The van der Waals surface area contributed by atoms with Crippen molar-refractivity contribution in [1.29, 1.82) is 0 Å². The Hall–Kier alpha value is -1.00. The summed E-state index contributed by atoms with van der Waals surface area (Å²) < 4.78 is 36.5. The van der Waals surface area contributed by atoms with Crippen molar-refractivity contribution in [3.63, 3.8) is 0 Å². The van der Waals surface area contributed by atoms with Crippen LogP contribution in [-0.2, 0) is 6.54 Å². The minimum atomic E-state index is -2.67. The number of imidazole rings is 1. The van der Waals surface area contributed by atoms with Gasteiger partial charge in [-0.15, -0.1) is 0 Å². The molecular formula is C6H5F3N2. The largest absolute Gasteiger partial charge is 0.317 e. The molecule has 0 amide bonds. The highest BCUT2D eigenvalue weighted by Gasteiger charge is 2.13. The molecule has 1 aromatic heterocycles. The third kappa shape index (κ3) is 1.72. The van der Waals surface area contributed by atoms with E-state index in [9.17, 15) is 13.2 Å². The van der Waals surface area contributed by atoms with Crippen LogP contribution in [0.3, 0.4) is 0 Å². The van der Waals surface area contributed by atoms with E-state index in [-0.39, 0.29) is 6.54 Å². The van der Waals surface area contributed by atoms with Crippen molar-refractivity contribution in [2.45, 2.75) is 13.0 Å². The van der Waals surface area contributed by atoms with Crippen LogP contribution in [-0.4, -0.2) is 16.2 Å². The van der Waals surface area contributed by atoms with E-state index in [1.54, 1.807) is 0 Å². The SMILES string of the molecule is FCCn1[c]n[c]c1C(F)F. The molecule has 0 aliphatic rings. The molecule has 0 spiro atoms. The summed E-state index contributed by atoms with van der Waals surface area (Å²) >= 11 is 0. The van der Waals surface area contributed by atoms with E-state index < -0.39 is 18.8 Å². The number of hydrogen-bond donors (Lipinski definition) is 0. The molecular weight excluding hydrogens is 157 g/mol. The lowest BCUT2D eigenvalue weighted by atomic mass is 10.5. The normalized spacial score (nSPS) is 10.9. The van der Waals surface area contributed by atoms with Gasteiger partial charge in [0, 0.05) is 0 Å². The van der Waals surface area contributed by atoms with Gasteiger partial charge in [0.2, 0.25) is 0 Å². The van der Waals surface area contributed by atoms with Crippen LogP contribution in [0.5, 0.6) is 0 Å². The lowest BCUT2D eigenvalue weighted by Gasteiger charge is -2.01. The molecule has 11 heavy (non-hydrogen) atoms. The van der Waals surface area contributed by atoms with E-state index >= 15 is 0 Å². The van der Waals surface area contributed by atoms with Crippen LogP contribution >= 0.6 is 0 Å². The highest BCUT2D eigenvalue weighted by atomic mass is 19.3. The van der Waals surface area contributed by atoms with Crippen LogP contribution in [0.4, 0.5) is 13.2 Å². The quantitative estimate of drug-likeness (QED) is 0.656. The first-order valence-corrected chi connectivity index (χ1v) is 2.95. The average Bonchev–Trinajstić information content (AvgIpc) is 2.36. The van der Waals surface area contributed by atoms with Gasteiger partial charge in [0.05, 0.1) is 6.54 Å². The van der Waals surface area contributed by atoms with Crippen molar-refractivity contribution >= 4 is 0 Å². The second-order valence-corrected chi connectivity index (χ2v) is 1.85. The van der Waals surface area contributed by atoms with Crippen molar-refractivity contribution < 1.29 is 13.2 Å². The minimum Gasteiger partial charge on any atom is -0.317 e. The lowest BCUT2D eigenvalue weighted by Crippen LogP contribution is -2.03. The van der Waals surface area contributed by atoms with E-state index in [1.807, 2.05) is 6.20 Å². The van der Waals surface area contributed by atoms with Crippen molar-refractivity contribution in [1.82, 2.24) is 9.55 Å². The van der Waals surface area contributed by atoms with Crippen molar-refractivity contribution in [2.24, 2.45) is 0 Å². The molecule has 0 fully saturated rings. The van der Waals surface area contributed by atoms with E-state index in [0.717, 1.165) is 4.57 Å². The Labute approximate surface area is 61.7 Å². The van der Waals surface area contributed by atoms with Gasteiger partial charge in [-0.05, 0) is 0 Å². The molecule has 0 aromatic carbocycles. The van der Waals surface area contributed by atoms with Crippen molar-refractivity contribution in [2.75, 3.05) is 6.67 Å². The maximum absolute atomic E-state index is 11.9. The zero-order valence-corrected chi connectivity index (χ0v) is 5.52. The van der Waals surface area contributed by atoms with Crippen molar-refractivity contribution in [3.8, 4) is 0 Å². The number of alkyl halides is 3. The summed E-state index contributed by atoms with van der Waals surface area (Å²) in [5.41, 5.74) is -0.414. The van der Waals surface area contributed by atoms with Gasteiger partial charge in [-0.3, -0.25) is 0 Å². The first-order chi connectivity index (χ1) is 5.25. The van der Waals surface area contributed by atoms with Crippen LogP contribution in [0.1, 0.15) is 12.1 Å². The summed E-state index contributed by atoms with van der Waals surface area (Å²) in [7, 11) is 0. The summed E-state index contributed by atoms with van der Waals surface area (Å²) in [5, 5.41) is 0. The lowest BCUT2D eigenvalue weighted by molar-refractivity contribution is 0.139. The van der Waals surface area contributed by atoms with Gasteiger partial charge in [-0.1, -0.05) is 0 Å². The topological polar surface area (TPSA) is 17.8 Å². The second-order valence-electron chi connectivity index (χ2n) is 1.85. The Morgan fingerprint density at radius 3 is 2.82 bits per heavy atom. The predicted octanol–water partition coefficient (Wildman–Crippen LogP) is 1.39. The number of hydrogen-bond acceptors (Lipinski definition) is 1. The minimum absolute atomic E-state index is 0.143. The molecule has 0 aliphatic heterocycles. The summed E-state index contributed by atoms with van der Waals surface area (Å²) in [5.74, 6) is 0. The van der Waals surface area contributed by atoms with Gasteiger partial charge in [-0.25, -0.2) is 18.2 Å². The molecule has 0 saturated carbocycles. The van der Waals surface area contributed by atoms with Gasteiger partial charge in [0.1, 0.15) is 18.6 Å². The van der Waals surface area contributed by atoms with Crippen LogP contribution in [0.15, 0.2) is 0 Å². The highest BCUT2D eigenvalue weighted by Crippen LogP contribution is 2.16. The fraction of sp³-hybridized carbons (Fsp3) is 0.500. The van der Waals surface area contributed by atoms with Gasteiger partial charge in [0.15, 0.2) is 6.33 Å². The summed E-state index contributed by atoms with van der Waals surface area (Å²) in [4.78, 5) is 3.23. The standard InChI is InChI=1S/C6H5F3N2/c7-1-2-11-4-10-3-5(11)6(8)9/h6H,1-2H2. The first-order valence-electron chi connectivity index (χ1n) is 2.95. The molecule has 0 bridgehead atoms. The molecule has 0 unspecified atom stereocenters. The van der Waals surface area contributed by atoms with E-state index in [0.29, 0.717) is 0 Å². The summed E-state index contributed by atoms with van der Waals surface area (Å²) in [6.07, 6.45) is 1.54. The Bertz CT molecular complexity index is 221. The number of rotatable bonds is 3. The number of nitrogens with zero attached hydrogens (tertiary/aromatic N) is 2. The molecule has 0 saturated heterocycles. The second kappa shape index (κ2) is 3.41. The summed E-state index contributed by atoms with van der Waals surface area (Å²) in [6.45, 7) is -0.851. The van der Waals surface area contributed by atoms with Gasteiger partial charge < -0.3 is 4.57 Å². The van der Waals surface area contributed by atoms with Crippen LogP contribution in [0.2, 0.25) is 0 Å². The Morgan fingerprint density at radius 1 is 1.55 bits per heavy atom. The van der Waals surface area contributed by atoms with E-state index in [4.69, 9.17) is 0 Å². The zero-order valence-electron chi connectivity index (χ0n) is 5.52. The Balaban J connectivity index is 2.78. The zero-order chi connectivity index (χ0) is 8.27. The Kier molecular flexibility index (Phi) is 2.51.